The molecule has 0 aliphatic heterocycles. The molecule has 0 aliphatic rings. The number of benzene rings is 1. The van der Waals surface area contributed by atoms with Crippen molar-refractivity contribution in [1.82, 2.24) is 15.1 Å². The summed E-state index contributed by atoms with van der Waals surface area (Å²) in [5.41, 5.74) is 1.89. The molecule has 0 aliphatic carbocycles. The zero-order valence-electron chi connectivity index (χ0n) is 14.0. The minimum atomic E-state index is -0.119. The molecular formula is C19H16ClN3O2S. The van der Waals surface area contributed by atoms with Gasteiger partial charge in [0.2, 0.25) is 0 Å². The standard InChI is InChI=1S/C19H16ClN3O2S/c1-12-15-9-17(18(24)21-10-14-6-4-8-25-14)26-19(15)23(22-12)11-13-5-2-3-7-16(13)20/h2-9H,10-11H2,1H3,(H,21,24). The predicted octanol–water partition coefficient (Wildman–Crippen LogP) is 4.63. The molecule has 3 aromatic heterocycles. The van der Waals surface area contributed by atoms with Crippen molar-refractivity contribution in [3.63, 3.8) is 0 Å². The summed E-state index contributed by atoms with van der Waals surface area (Å²) in [6, 6.07) is 13.2. The molecule has 4 aromatic rings. The van der Waals surface area contributed by atoms with Crippen molar-refractivity contribution in [1.29, 1.82) is 0 Å². The molecule has 0 radical (unpaired) electrons. The van der Waals surface area contributed by atoms with Crippen LogP contribution < -0.4 is 5.32 Å². The van der Waals surface area contributed by atoms with Crippen molar-refractivity contribution < 1.29 is 9.21 Å². The Hall–Kier alpha value is -2.57. The molecule has 1 amide bonds. The van der Waals surface area contributed by atoms with E-state index in [1.54, 1.807) is 12.3 Å². The number of carbonyl (C=O) groups is 1. The van der Waals surface area contributed by atoms with Gasteiger partial charge in [0.05, 0.1) is 29.9 Å². The predicted molar refractivity (Wildman–Crippen MR) is 103 cm³/mol. The highest BCUT2D eigenvalue weighted by Gasteiger charge is 2.17. The fourth-order valence-electron chi connectivity index (χ4n) is 2.79. The highest BCUT2D eigenvalue weighted by Crippen LogP contribution is 2.29. The number of carbonyl (C=O) groups excluding carboxylic acids is 1. The number of hydrogen-bond acceptors (Lipinski definition) is 4. The van der Waals surface area contributed by atoms with E-state index in [1.165, 1.54) is 11.3 Å². The molecule has 0 bridgehead atoms. The third-order valence-corrected chi connectivity index (χ3v) is 5.63. The number of fused-ring (bicyclic) bond motifs is 1. The Labute approximate surface area is 159 Å². The fraction of sp³-hybridized carbons (Fsp3) is 0.158. The number of halogens is 1. The summed E-state index contributed by atoms with van der Waals surface area (Å²) >= 11 is 7.70. The Morgan fingerprint density at radius 3 is 2.92 bits per heavy atom. The zero-order chi connectivity index (χ0) is 18.1. The van der Waals surface area contributed by atoms with Crippen molar-refractivity contribution in [2.24, 2.45) is 0 Å². The molecule has 5 nitrogen and oxygen atoms in total. The highest BCUT2D eigenvalue weighted by atomic mass is 35.5. The largest absolute Gasteiger partial charge is 0.467 e. The van der Waals surface area contributed by atoms with Crippen LogP contribution in [0.15, 0.2) is 53.1 Å². The normalized spacial score (nSPS) is 11.2. The van der Waals surface area contributed by atoms with Crippen molar-refractivity contribution in [3.8, 4) is 0 Å². The van der Waals surface area contributed by atoms with Crippen molar-refractivity contribution in [2.45, 2.75) is 20.0 Å². The molecule has 1 N–H and O–H groups in total. The van der Waals surface area contributed by atoms with E-state index in [0.717, 1.165) is 27.2 Å². The van der Waals surface area contributed by atoms with Gasteiger partial charge in [-0.3, -0.25) is 9.48 Å². The fourth-order valence-corrected chi connectivity index (χ4v) is 4.06. The summed E-state index contributed by atoms with van der Waals surface area (Å²) in [6.45, 7) is 2.88. The molecule has 3 heterocycles. The summed E-state index contributed by atoms with van der Waals surface area (Å²) < 4.78 is 7.14. The first-order chi connectivity index (χ1) is 12.6. The van der Waals surface area contributed by atoms with Crippen LogP contribution in [-0.2, 0) is 13.1 Å². The Kier molecular flexibility index (Phi) is 4.53. The van der Waals surface area contributed by atoms with Gasteiger partial charge in [-0.15, -0.1) is 11.3 Å². The number of aryl methyl sites for hydroxylation is 1. The number of aromatic nitrogens is 2. The van der Waals surface area contributed by atoms with E-state index in [0.29, 0.717) is 23.0 Å². The second-order valence-corrected chi connectivity index (χ2v) is 7.36. The van der Waals surface area contributed by atoms with E-state index in [4.69, 9.17) is 16.0 Å². The van der Waals surface area contributed by atoms with Crippen LogP contribution >= 0.6 is 22.9 Å². The second-order valence-electron chi connectivity index (χ2n) is 5.93. The minimum Gasteiger partial charge on any atom is -0.467 e. The SMILES string of the molecule is Cc1nn(Cc2ccccc2Cl)c2sc(C(=O)NCc3ccco3)cc12. The van der Waals surface area contributed by atoms with Crippen molar-refractivity contribution in [2.75, 3.05) is 0 Å². The summed E-state index contributed by atoms with van der Waals surface area (Å²) in [4.78, 5) is 14.1. The average molecular weight is 386 g/mol. The van der Waals surface area contributed by atoms with Crippen LogP contribution in [-0.4, -0.2) is 15.7 Å². The van der Waals surface area contributed by atoms with E-state index >= 15 is 0 Å². The van der Waals surface area contributed by atoms with Crippen LogP contribution in [0.4, 0.5) is 0 Å². The third-order valence-electron chi connectivity index (χ3n) is 4.11. The van der Waals surface area contributed by atoms with Gasteiger partial charge in [-0.05, 0) is 36.8 Å². The number of amides is 1. The van der Waals surface area contributed by atoms with Gasteiger partial charge in [0.15, 0.2) is 0 Å². The maximum atomic E-state index is 12.4. The Morgan fingerprint density at radius 1 is 1.31 bits per heavy atom. The number of nitrogens with one attached hydrogen (secondary N) is 1. The molecule has 1 aromatic carbocycles. The Bertz CT molecular complexity index is 1070. The highest BCUT2D eigenvalue weighted by molar-refractivity contribution is 7.20. The summed E-state index contributed by atoms with van der Waals surface area (Å²) in [7, 11) is 0. The molecular weight excluding hydrogens is 370 g/mol. The number of nitrogens with zero attached hydrogens (tertiary/aromatic N) is 2. The number of hydrogen-bond donors (Lipinski definition) is 1. The Morgan fingerprint density at radius 2 is 2.15 bits per heavy atom. The van der Waals surface area contributed by atoms with E-state index < -0.39 is 0 Å². The molecule has 7 heteroatoms. The Balaban J connectivity index is 1.59. The van der Waals surface area contributed by atoms with E-state index in [2.05, 4.69) is 10.4 Å². The maximum absolute atomic E-state index is 12.4. The summed E-state index contributed by atoms with van der Waals surface area (Å²) in [6.07, 6.45) is 1.59. The summed E-state index contributed by atoms with van der Waals surface area (Å²) in [5.74, 6) is 0.604. The van der Waals surface area contributed by atoms with Crippen LogP contribution in [0, 0.1) is 6.92 Å². The van der Waals surface area contributed by atoms with Gasteiger partial charge < -0.3 is 9.73 Å². The second kappa shape index (κ2) is 6.97. The van der Waals surface area contributed by atoms with Crippen LogP contribution in [0.3, 0.4) is 0 Å². The molecule has 0 fully saturated rings. The number of furan rings is 1. The van der Waals surface area contributed by atoms with Crippen LogP contribution in [0.25, 0.3) is 10.2 Å². The lowest BCUT2D eigenvalue weighted by Crippen LogP contribution is -2.21. The lowest BCUT2D eigenvalue weighted by Gasteiger charge is -2.05. The molecule has 0 unspecified atom stereocenters. The van der Waals surface area contributed by atoms with Gasteiger partial charge in [0, 0.05) is 10.4 Å². The molecule has 0 saturated carbocycles. The van der Waals surface area contributed by atoms with Gasteiger partial charge in [-0.2, -0.15) is 5.10 Å². The zero-order valence-corrected chi connectivity index (χ0v) is 15.6. The van der Waals surface area contributed by atoms with Crippen LogP contribution in [0.1, 0.15) is 26.7 Å². The van der Waals surface area contributed by atoms with E-state index in [1.807, 2.05) is 48.0 Å². The minimum absolute atomic E-state index is 0.119. The molecule has 26 heavy (non-hydrogen) atoms. The third kappa shape index (κ3) is 3.25. The first-order valence-corrected chi connectivity index (χ1v) is 9.32. The lowest BCUT2D eigenvalue weighted by atomic mass is 10.2. The average Bonchev–Trinajstić information content (AvgIpc) is 3.35. The molecule has 0 saturated heterocycles. The topological polar surface area (TPSA) is 60.1 Å². The quantitative estimate of drug-likeness (QED) is 0.544. The van der Waals surface area contributed by atoms with Crippen molar-refractivity contribution in [3.05, 3.63) is 75.6 Å². The molecule has 132 valence electrons. The van der Waals surface area contributed by atoms with Crippen molar-refractivity contribution >= 4 is 39.1 Å². The van der Waals surface area contributed by atoms with Gasteiger partial charge in [0.25, 0.3) is 5.91 Å². The van der Waals surface area contributed by atoms with Gasteiger partial charge in [0.1, 0.15) is 10.6 Å². The van der Waals surface area contributed by atoms with E-state index in [-0.39, 0.29) is 5.91 Å². The van der Waals surface area contributed by atoms with Gasteiger partial charge >= 0.3 is 0 Å². The smallest absolute Gasteiger partial charge is 0.261 e. The van der Waals surface area contributed by atoms with Gasteiger partial charge in [-0.1, -0.05) is 29.8 Å². The number of rotatable bonds is 5. The van der Waals surface area contributed by atoms with E-state index in [9.17, 15) is 4.79 Å². The summed E-state index contributed by atoms with van der Waals surface area (Å²) in [5, 5.41) is 9.17. The molecule has 0 spiro atoms. The monoisotopic (exact) mass is 385 g/mol. The first kappa shape index (κ1) is 16.9. The molecule has 4 rings (SSSR count). The maximum Gasteiger partial charge on any atom is 0.261 e. The first-order valence-electron chi connectivity index (χ1n) is 8.13. The molecule has 0 atom stereocenters. The van der Waals surface area contributed by atoms with Crippen LogP contribution in [0.5, 0.6) is 0 Å². The number of thiophene rings is 1. The lowest BCUT2D eigenvalue weighted by molar-refractivity contribution is 0.0952. The van der Waals surface area contributed by atoms with Crippen LogP contribution in [0.2, 0.25) is 5.02 Å². The van der Waals surface area contributed by atoms with Gasteiger partial charge in [-0.25, -0.2) is 0 Å².